The summed E-state index contributed by atoms with van der Waals surface area (Å²) in [7, 11) is 0. The molecule has 0 spiro atoms. The summed E-state index contributed by atoms with van der Waals surface area (Å²) in [6.45, 7) is 3.63. The van der Waals surface area contributed by atoms with Gasteiger partial charge in [-0.05, 0) is 57.8 Å². The molecule has 0 saturated carbocycles. The van der Waals surface area contributed by atoms with Gasteiger partial charge in [0.2, 0.25) is 35.4 Å². The van der Waals surface area contributed by atoms with Gasteiger partial charge < -0.3 is 68.7 Å². The molecule has 0 aromatic heterocycles. The zero-order valence-corrected chi connectivity index (χ0v) is 30.4. The number of aliphatic imine (C=N–C) groups is 1. The largest absolute Gasteiger partial charge is 0.480 e. The lowest BCUT2D eigenvalue weighted by molar-refractivity contribution is -0.149. The van der Waals surface area contributed by atoms with Gasteiger partial charge in [-0.15, -0.1) is 0 Å². The molecule has 14 N–H and O–H groups in total. The third-order valence-corrected chi connectivity index (χ3v) is 8.95. The van der Waals surface area contributed by atoms with Gasteiger partial charge in [-0.25, -0.2) is 4.79 Å². The number of nitrogens with two attached hydrogens (primary N) is 3. The van der Waals surface area contributed by atoms with Gasteiger partial charge in [0.25, 0.3) is 0 Å². The minimum atomic E-state index is -1.58. The van der Waals surface area contributed by atoms with Crippen LogP contribution in [0.2, 0.25) is 0 Å². The highest BCUT2D eigenvalue weighted by Crippen LogP contribution is 2.22. The van der Waals surface area contributed by atoms with Gasteiger partial charge in [-0.3, -0.25) is 33.8 Å². The number of rotatable bonds is 20. The normalized spacial score (nSPS) is 20.4. The number of nitrogens with zero attached hydrogens (tertiary/aromatic N) is 3. The number of aliphatic carboxylic acids is 1. The maximum atomic E-state index is 13.8. The van der Waals surface area contributed by atoms with Gasteiger partial charge in [-0.1, -0.05) is 13.8 Å². The Bertz CT molecular complexity index is 1340. The van der Waals surface area contributed by atoms with Crippen molar-refractivity contribution in [3.63, 3.8) is 0 Å². The molecule has 0 bridgehead atoms. The smallest absolute Gasteiger partial charge is 0.326 e. The highest BCUT2D eigenvalue weighted by atomic mass is 16.4. The molecule has 2 aliphatic rings. The Morgan fingerprint density at radius 3 is 1.87 bits per heavy atom. The molecule has 8 atom stereocenters. The minimum Gasteiger partial charge on any atom is -0.480 e. The molecule has 2 rings (SSSR count). The number of carboxylic acid groups (broad SMARTS) is 1. The van der Waals surface area contributed by atoms with Gasteiger partial charge in [0.05, 0.1) is 19.3 Å². The second-order valence-electron chi connectivity index (χ2n) is 13.7. The van der Waals surface area contributed by atoms with Crippen LogP contribution >= 0.6 is 0 Å². The Kier molecular flexibility index (Phi) is 17.8. The van der Waals surface area contributed by atoms with Gasteiger partial charge in [0.1, 0.15) is 42.3 Å². The van der Waals surface area contributed by atoms with Crippen LogP contribution in [0.5, 0.6) is 0 Å². The topological polar surface area (TPSA) is 345 Å². The Balaban J connectivity index is 2.18. The molecule has 0 aliphatic carbocycles. The first-order valence-electron chi connectivity index (χ1n) is 17.7. The summed E-state index contributed by atoms with van der Waals surface area (Å²) in [6.07, 6.45) is 0.102. The molecule has 2 saturated heterocycles. The van der Waals surface area contributed by atoms with Crippen molar-refractivity contribution in [1.29, 1.82) is 0 Å². The van der Waals surface area contributed by atoms with Crippen molar-refractivity contribution in [1.82, 2.24) is 31.1 Å². The SMILES string of the molecule is CC(C)C[C@H](NC(=O)[C@H](CO)NC(=O)[C@@H]1CCCN1C(=O)[C@@H](NC(=O)[C@H](CCCN=C(N)N)NC(=O)[C@@H](N)CO)[C@@H](C)O)C(=O)N1CCC[C@H]1C(=O)O. The van der Waals surface area contributed by atoms with Crippen LogP contribution in [0.1, 0.15) is 65.7 Å². The molecule has 6 amide bonds. The van der Waals surface area contributed by atoms with E-state index in [1.54, 1.807) is 0 Å². The summed E-state index contributed by atoms with van der Waals surface area (Å²) < 4.78 is 0. The lowest BCUT2D eigenvalue weighted by Gasteiger charge is -2.32. The predicted octanol–water partition coefficient (Wildman–Crippen LogP) is -5.22. The molecule has 0 aromatic carbocycles. The highest BCUT2D eigenvalue weighted by Gasteiger charge is 2.42. The van der Waals surface area contributed by atoms with Crippen molar-refractivity contribution in [2.24, 2.45) is 28.1 Å². The Morgan fingerprint density at radius 1 is 0.774 bits per heavy atom. The molecule has 53 heavy (non-hydrogen) atoms. The summed E-state index contributed by atoms with van der Waals surface area (Å²) in [5.41, 5.74) is 16.2. The van der Waals surface area contributed by atoms with Crippen molar-refractivity contribution >= 4 is 47.4 Å². The van der Waals surface area contributed by atoms with Crippen LogP contribution in [0.25, 0.3) is 0 Å². The van der Waals surface area contributed by atoms with Gasteiger partial charge in [0, 0.05) is 19.6 Å². The first-order chi connectivity index (χ1) is 24.9. The van der Waals surface area contributed by atoms with Gasteiger partial charge in [-0.2, -0.15) is 0 Å². The Labute approximate surface area is 307 Å². The quantitative estimate of drug-likeness (QED) is 0.0314. The zero-order chi connectivity index (χ0) is 40.0. The zero-order valence-electron chi connectivity index (χ0n) is 30.4. The number of aliphatic hydroxyl groups excluding tert-OH is 3. The van der Waals surface area contributed by atoms with E-state index in [0.717, 1.165) is 4.90 Å². The summed E-state index contributed by atoms with van der Waals surface area (Å²) in [6, 6.07) is -9.09. The lowest BCUT2D eigenvalue weighted by atomic mass is 10.0. The second-order valence-corrected chi connectivity index (χ2v) is 13.7. The fraction of sp³-hybridized carbons (Fsp3) is 0.750. The number of carbonyl (C=O) groups excluding carboxylic acids is 6. The molecular formula is C32H56N10O11. The molecule has 0 unspecified atom stereocenters. The van der Waals surface area contributed by atoms with Crippen LogP contribution in [0.4, 0.5) is 0 Å². The van der Waals surface area contributed by atoms with E-state index in [0.29, 0.717) is 12.8 Å². The number of hydrogen-bond donors (Lipinski definition) is 11. The monoisotopic (exact) mass is 756 g/mol. The third kappa shape index (κ3) is 13.1. The van der Waals surface area contributed by atoms with Gasteiger partial charge in [0.15, 0.2) is 5.96 Å². The van der Waals surface area contributed by atoms with E-state index in [-0.39, 0.29) is 63.6 Å². The van der Waals surface area contributed by atoms with Crippen molar-refractivity contribution < 1.29 is 54.0 Å². The Morgan fingerprint density at radius 2 is 1.34 bits per heavy atom. The summed E-state index contributed by atoms with van der Waals surface area (Å²) in [5.74, 6) is -6.32. The lowest BCUT2D eigenvalue weighted by Crippen LogP contribution is -2.61. The van der Waals surface area contributed by atoms with E-state index in [4.69, 9.17) is 17.2 Å². The first-order valence-corrected chi connectivity index (χ1v) is 17.7. The average molecular weight is 757 g/mol. The van der Waals surface area contributed by atoms with E-state index < -0.39 is 103 Å². The van der Waals surface area contributed by atoms with Crippen molar-refractivity contribution in [2.45, 2.75) is 114 Å². The van der Waals surface area contributed by atoms with Crippen molar-refractivity contribution in [2.75, 3.05) is 32.8 Å². The fourth-order valence-electron chi connectivity index (χ4n) is 6.17. The molecule has 2 fully saturated rings. The third-order valence-electron chi connectivity index (χ3n) is 8.95. The van der Waals surface area contributed by atoms with E-state index in [9.17, 15) is 54.0 Å². The summed E-state index contributed by atoms with van der Waals surface area (Å²) in [4.78, 5) is 97.5. The fourth-order valence-corrected chi connectivity index (χ4v) is 6.17. The Hall–Kier alpha value is -4.60. The molecule has 21 heteroatoms. The highest BCUT2D eigenvalue weighted by molar-refractivity contribution is 5.97. The number of nitrogens with one attached hydrogen (secondary N) is 4. The van der Waals surface area contributed by atoms with Crippen molar-refractivity contribution in [3.8, 4) is 0 Å². The molecular weight excluding hydrogens is 700 g/mol. The standard InChI is InChI=1S/C32H56N10O11/c1-16(2)13-20(29(50)42-12-6-9-23(42)31(52)53)38-27(48)21(15-44)39-28(49)22-8-5-11-41(22)30(51)24(17(3)45)40-26(47)19(7-4-10-36-32(34)35)37-25(46)18(33)14-43/h16-24,43-45H,4-15,33H2,1-3H3,(H,37,46)(H,38,48)(H,39,49)(H,40,47)(H,52,53)(H4,34,35,36)/t17-,18+,19+,20+,21+,22+,23+,24+/m1/s1. The average Bonchev–Trinajstić information content (AvgIpc) is 3.80. The second kappa shape index (κ2) is 21.2. The van der Waals surface area contributed by atoms with Gasteiger partial charge >= 0.3 is 5.97 Å². The number of carboxylic acids is 1. The van der Waals surface area contributed by atoms with E-state index >= 15 is 0 Å². The molecule has 2 heterocycles. The van der Waals surface area contributed by atoms with Crippen molar-refractivity contribution in [3.05, 3.63) is 0 Å². The number of amides is 6. The van der Waals surface area contributed by atoms with Crippen LogP contribution in [-0.4, -0.2) is 159 Å². The summed E-state index contributed by atoms with van der Waals surface area (Å²) in [5, 5.41) is 49.2. The van der Waals surface area contributed by atoms with Crippen LogP contribution in [0.15, 0.2) is 4.99 Å². The van der Waals surface area contributed by atoms with Crippen LogP contribution in [0.3, 0.4) is 0 Å². The minimum absolute atomic E-state index is 0.0195. The van der Waals surface area contributed by atoms with E-state index in [1.165, 1.54) is 11.8 Å². The number of carbonyl (C=O) groups is 7. The number of guanidine groups is 1. The van der Waals surface area contributed by atoms with Crippen LogP contribution in [-0.2, 0) is 33.6 Å². The first kappa shape index (κ1) is 44.6. The summed E-state index contributed by atoms with van der Waals surface area (Å²) >= 11 is 0. The number of likely N-dealkylation sites (tertiary alicyclic amines) is 2. The van der Waals surface area contributed by atoms with E-state index in [2.05, 4.69) is 26.3 Å². The maximum Gasteiger partial charge on any atom is 0.326 e. The van der Waals surface area contributed by atoms with Crippen LogP contribution in [0, 0.1) is 5.92 Å². The van der Waals surface area contributed by atoms with Crippen LogP contribution < -0.4 is 38.5 Å². The van der Waals surface area contributed by atoms with E-state index in [1.807, 2.05) is 13.8 Å². The predicted molar refractivity (Wildman–Crippen MR) is 188 cm³/mol. The molecule has 2 aliphatic heterocycles. The molecule has 300 valence electrons. The maximum absolute atomic E-state index is 13.8. The molecule has 0 radical (unpaired) electrons. The molecule has 0 aromatic rings. The number of aliphatic hydroxyl groups is 3. The molecule has 21 nitrogen and oxygen atoms in total. The number of hydrogen-bond acceptors (Lipinski definition) is 12.